The number of hydrogen-bond donors (Lipinski definition) is 0. The molecule has 0 saturated carbocycles. The summed E-state index contributed by atoms with van der Waals surface area (Å²) in [6, 6.07) is 0. The summed E-state index contributed by atoms with van der Waals surface area (Å²) in [6.07, 6.45) is 5.27. The lowest BCUT2D eigenvalue weighted by molar-refractivity contribution is -0.365. The number of hydrogen-bond acceptors (Lipinski definition) is 8. The van der Waals surface area contributed by atoms with Crippen LogP contribution in [-0.2, 0) is 38.0 Å². The zero-order valence-corrected chi connectivity index (χ0v) is 21.2. The summed E-state index contributed by atoms with van der Waals surface area (Å²) in [7, 11) is 0. The molecule has 0 N–H and O–H groups in total. The molecule has 8 nitrogen and oxygen atoms in total. The molecule has 0 radical (unpaired) electrons. The van der Waals surface area contributed by atoms with Crippen molar-refractivity contribution in [3.8, 4) is 0 Å². The van der Waals surface area contributed by atoms with Gasteiger partial charge < -0.3 is 28.4 Å². The minimum absolute atomic E-state index is 0.164. The summed E-state index contributed by atoms with van der Waals surface area (Å²) >= 11 is 0. The zero-order valence-electron chi connectivity index (χ0n) is 21.2. The number of rotatable bonds is 21. The van der Waals surface area contributed by atoms with Gasteiger partial charge in [-0.05, 0) is 38.5 Å². The Bertz CT molecular complexity index is 434. The van der Waals surface area contributed by atoms with Gasteiger partial charge in [0, 0.05) is 25.7 Å². The molecule has 8 heteroatoms. The van der Waals surface area contributed by atoms with Gasteiger partial charge in [0.2, 0.25) is 0 Å². The predicted molar refractivity (Wildman–Crippen MR) is 122 cm³/mol. The number of carbonyl (C=O) groups is 2. The lowest BCUT2D eigenvalue weighted by Gasteiger charge is -2.32. The van der Waals surface area contributed by atoms with E-state index in [0.29, 0.717) is 52.1 Å². The van der Waals surface area contributed by atoms with Crippen LogP contribution in [0.25, 0.3) is 0 Å². The van der Waals surface area contributed by atoms with E-state index >= 15 is 0 Å². The van der Waals surface area contributed by atoms with E-state index in [4.69, 9.17) is 28.4 Å². The van der Waals surface area contributed by atoms with Crippen molar-refractivity contribution in [3.63, 3.8) is 0 Å². The highest BCUT2D eigenvalue weighted by molar-refractivity contribution is 5.71. The van der Waals surface area contributed by atoms with Gasteiger partial charge in [-0.1, -0.05) is 41.5 Å². The second-order valence-corrected chi connectivity index (χ2v) is 7.62. The molecule has 0 spiro atoms. The Morgan fingerprint density at radius 2 is 0.812 bits per heavy atom. The highest BCUT2D eigenvalue weighted by Gasteiger charge is 2.36. The minimum Gasteiger partial charge on any atom is -0.408 e. The lowest BCUT2D eigenvalue weighted by atomic mass is 10.2. The first-order valence-electron chi connectivity index (χ1n) is 12.4. The number of ether oxygens (including phenoxy) is 6. The molecular formula is C24H46O8. The van der Waals surface area contributed by atoms with Crippen molar-refractivity contribution in [2.24, 2.45) is 0 Å². The lowest BCUT2D eigenvalue weighted by Crippen LogP contribution is -2.41. The van der Waals surface area contributed by atoms with Gasteiger partial charge in [-0.15, -0.1) is 0 Å². The molecule has 0 rings (SSSR count). The molecule has 0 atom stereocenters. The highest BCUT2D eigenvalue weighted by atomic mass is 16.9. The molecule has 0 aliphatic carbocycles. The minimum atomic E-state index is -1.34. The van der Waals surface area contributed by atoms with Crippen molar-refractivity contribution in [2.75, 3.05) is 26.4 Å². The fraction of sp³-hybridized carbons (Fsp3) is 0.917. The Kier molecular flexibility index (Phi) is 17.5. The summed E-state index contributed by atoms with van der Waals surface area (Å²) < 4.78 is 33.9. The van der Waals surface area contributed by atoms with Crippen molar-refractivity contribution in [2.45, 2.75) is 118 Å². The van der Waals surface area contributed by atoms with E-state index in [1.165, 1.54) is 0 Å². The second kappa shape index (κ2) is 18.2. The monoisotopic (exact) mass is 462 g/mol. The SMILES string of the molecule is CCCOC(CC)(OCCC)OC(=O)CCCCC(=O)OC(CC)(OCCC)OCCC. The normalized spacial score (nSPS) is 12.1. The average Bonchev–Trinajstić information content (AvgIpc) is 2.80. The van der Waals surface area contributed by atoms with Crippen LogP contribution in [-0.4, -0.2) is 50.3 Å². The molecule has 0 aliphatic rings. The van der Waals surface area contributed by atoms with Gasteiger partial charge in [0.1, 0.15) is 0 Å². The maximum absolute atomic E-state index is 12.4. The number of unbranched alkanes of at least 4 members (excludes halogenated alkanes) is 1. The molecule has 0 aromatic heterocycles. The first-order valence-corrected chi connectivity index (χ1v) is 12.4. The first kappa shape index (κ1) is 30.8. The third-order valence-corrected chi connectivity index (χ3v) is 4.52. The van der Waals surface area contributed by atoms with Crippen LogP contribution in [0.3, 0.4) is 0 Å². The quantitative estimate of drug-likeness (QED) is 0.126. The van der Waals surface area contributed by atoms with Gasteiger partial charge in [-0.2, -0.15) is 0 Å². The molecule has 0 heterocycles. The van der Waals surface area contributed by atoms with E-state index in [2.05, 4.69) is 0 Å². The molecule has 0 aliphatic heterocycles. The molecule has 0 aromatic carbocycles. The summed E-state index contributed by atoms with van der Waals surface area (Å²) in [4.78, 5) is 24.7. The Morgan fingerprint density at radius 1 is 0.531 bits per heavy atom. The van der Waals surface area contributed by atoms with Crippen LogP contribution >= 0.6 is 0 Å². The van der Waals surface area contributed by atoms with Crippen LogP contribution in [0.1, 0.15) is 106 Å². The third kappa shape index (κ3) is 12.7. The van der Waals surface area contributed by atoms with E-state index in [-0.39, 0.29) is 12.8 Å². The molecule has 0 amide bonds. The Hall–Kier alpha value is -1.22. The molecular weight excluding hydrogens is 416 g/mol. The highest BCUT2D eigenvalue weighted by Crippen LogP contribution is 2.24. The molecule has 0 unspecified atom stereocenters. The van der Waals surface area contributed by atoms with Gasteiger partial charge in [0.25, 0.3) is 0 Å². The van der Waals surface area contributed by atoms with Crippen molar-refractivity contribution in [1.82, 2.24) is 0 Å². The van der Waals surface area contributed by atoms with E-state index in [9.17, 15) is 9.59 Å². The molecule has 32 heavy (non-hydrogen) atoms. The molecule has 0 saturated heterocycles. The van der Waals surface area contributed by atoms with Crippen LogP contribution in [0.4, 0.5) is 0 Å². The maximum Gasteiger partial charge on any atom is 0.328 e. The molecule has 0 bridgehead atoms. The van der Waals surface area contributed by atoms with E-state index in [0.717, 1.165) is 25.7 Å². The summed E-state index contributed by atoms with van der Waals surface area (Å²) in [5.41, 5.74) is 0. The maximum atomic E-state index is 12.4. The van der Waals surface area contributed by atoms with Crippen LogP contribution in [0.15, 0.2) is 0 Å². The number of carbonyl (C=O) groups excluding carboxylic acids is 2. The summed E-state index contributed by atoms with van der Waals surface area (Å²) in [5.74, 6) is -3.49. The largest absolute Gasteiger partial charge is 0.408 e. The third-order valence-electron chi connectivity index (χ3n) is 4.52. The van der Waals surface area contributed by atoms with Crippen LogP contribution in [0.5, 0.6) is 0 Å². The van der Waals surface area contributed by atoms with E-state index in [1.807, 2.05) is 41.5 Å². The standard InChI is InChI=1S/C24H46O8/c1-7-17-27-23(11-5,28-18-8-2)31-21(25)15-13-14-16-22(26)32-24(12-6,29-19-9-3)30-20-10-4/h7-20H2,1-6H3. The van der Waals surface area contributed by atoms with Crippen molar-refractivity contribution in [1.29, 1.82) is 0 Å². The number of esters is 2. The van der Waals surface area contributed by atoms with Crippen LogP contribution in [0, 0.1) is 0 Å². The Labute approximate surface area is 194 Å². The van der Waals surface area contributed by atoms with Crippen LogP contribution < -0.4 is 0 Å². The predicted octanol–water partition coefficient (Wildman–Crippen LogP) is 5.47. The Balaban J connectivity index is 4.59. The van der Waals surface area contributed by atoms with Crippen molar-refractivity contribution in [3.05, 3.63) is 0 Å². The van der Waals surface area contributed by atoms with Gasteiger partial charge >= 0.3 is 23.9 Å². The average molecular weight is 463 g/mol. The van der Waals surface area contributed by atoms with Gasteiger partial charge in [-0.25, -0.2) is 0 Å². The first-order chi connectivity index (χ1) is 15.4. The fourth-order valence-electron chi connectivity index (χ4n) is 2.77. The summed E-state index contributed by atoms with van der Waals surface area (Å²) in [5, 5.41) is 0. The van der Waals surface area contributed by atoms with Gasteiger partial charge in [0.15, 0.2) is 0 Å². The van der Waals surface area contributed by atoms with Gasteiger partial charge in [-0.3, -0.25) is 9.59 Å². The van der Waals surface area contributed by atoms with Crippen molar-refractivity contribution < 1.29 is 38.0 Å². The second-order valence-electron chi connectivity index (χ2n) is 7.62. The van der Waals surface area contributed by atoms with E-state index < -0.39 is 23.9 Å². The zero-order chi connectivity index (χ0) is 24.3. The molecule has 0 aromatic rings. The van der Waals surface area contributed by atoms with E-state index in [1.54, 1.807) is 0 Å². The summed E-state index contributed by atoms with van der Waals surface area (Å²) in [6.45, 7) is 13.4. The van der Waals surface area contributed by atoms with Crippen molar-refractivity contribution >= 4 is 11.9 Å². The van der Waals surface area contributed by atoms with Gasteiger partial charge in [0.05, 0.1) is 26.4 Å². The van der Waals surface area contributed by atoms with Crippen LogP contribution in [0.2, 0.25) is 0 Å². The Morgan fingerprint density at radius 3 is 1.03 bits per heavy atom. The molecule has 0 fully saturated rings. The molecule has 190 valence electrons. The smallest absolute Gasteiger partial charge is 0.328 e. The topological polar surface area (TPSA) is 89.5 Å². The fourth-order valence-corrected chi connectivity index (χ4v) is 2.77.